The molecule has 0 radical (unpaired) electrons. The van der Waals surface area contributed by atoms with Crippen LogP contribution in [0.3, 0.4) is 0 Å². The molecule has 1 heterocycles. The number of carbonyl (C=O) groups excluding carboxylic acids is 1. The predicted molar refractivity (Wildman–Crippen MR) is 116 cm³/mol. The number of benzene rings is 2. The molecule has 156 valence electrons. The average Bonchev–Trinajstić information content (AvgIpc) is 2.75. The first-order valence-electron chi connectivity index (χ1n) is 9.82. The first-order chi connectivity index (χ1) is 13.8. The first kappa shape index (κ1) is 21.8. The van der Waals surface area contributed by atoms with Crippen LogP contribution in [-0.2, 0) is 26.8 Å². The van der Waals surface area contributed by atoms with E-state index in [0.717, 1.165) is 11.1 Å². The molecule has 1 amide bonds. The van der Waals surface area contributed by atoms with Crippen molar-refractivity contribution in [1.29, 1.82) is 0 Å². The summed E-state index contributed by atoms with van der Waals surface area (Å²) in [5.74, 6) is 0.0997. The monoisotopic (exact) mass is 434 g/mol. The molecule has 5 nitrogen and oxygen atoms in total. The molecule has 1 aliphatic rings. The maximum absolute atomic E-state index is 13.6. The van der Waals surface area contributed by atoms with E-state index < -0.39 is 15.4 Å². The third-order valence-corrected chi connectivity index (χ3v) is 7.88. The maximum atomic E-state index is 13.6. The van der Waals surface area contributed by atoms with Crippen molar-refractivity contribution in [2.75, 3.05) is 25.9 Å². The average molecular weight is 435 g/mol. The number of hydrogen-bond acceptors (Lipinski definition) is 3. The van der Waals surface area contributed by atoms with Crippen molar-refractivity contribution >= 4 is 27.5 Å². The molecule has 0 N–H and O–H groups in total. The van der Waals surface area contributed by atoms with Crippen molar-refractivity contribution in [3.63, 3.8) is 0 Å². The SMILES string of the molecule is CCS(=O)(=O)N1CCC(C(=O)N(C)Cc2ccc(Cl)cc2)(c2ccccc2)CC1. The van der Waals surface area contributed by atoms with Gasteiger partial charge in [-0.05, 0) is 43.0 Å². The van der Waals surface area contributed by atoms with Crippen molar-refractivity contribution in [2.24, 2.45) is 0 Å². The van der Waals surface area contributed by atoms with Crippen LogP contribution in [0.25, 0.3) is 0 Å². The molecular formula is C22H27ClN2O3S. The van der Waals surface area contributed by atoms with Gasteiger partial charge in [0.1, 0.15) is 0 Å². The van der Waals surface area contributed by atoms with Crippen molar-refractivity contribution < 1.29 is 13.2 Å². The Morgan fingerprint density at radius 2 is 1.66 bits per heavy atom. The summed E-state index contributed by atoms with van der Waals surface area (Å²) in [7, 11) is -1.45. The Hall–Kier alpha value is -1.89. The van der Waals surface area contributed by atoms with Crippen LogP contribution in [0.4, 0.5) is 0 Å². The van der Waals surface area contributed by atoms with E-state index in [1.807, 2.05) is 54.6 Å². The van der Waals surface area contributed by atoms with Gasteiger partial charge in [0.05, 0.1) is 11.2 Å². The Kier molecular flexibility index (Phi) is 6.66. The van der Waals surface area contributed by atoms with Crippen LogP contribution >= 0.6 is 11.6 Å². The van der Waals surface area contributed by atoms with Crippen LogP contribution in [0, 0.1) is 0 Å². The summed E-state index contributed by atoms with van der Waals surface area (Å²) >= 11 is 5.96. The van der Waals surface area contributed by atoms with E-state index >= 15 is 0 Å². The number of halogens is 1. The van der Waals surface area contributed by atoms with E-state index in [1.165, 1.54) is 4.31 Å². The molecule has 0 bridgehead atoms. The van der Waals surface area contributed by atoms with E-state index in [0.29, 0.717) is 37.5 Å². The Labute approximate surface area is 178 Å². The second-order valence-electron chi connectivity index (χ2n) is 7.54. The van der Waals surface area contributed by atoms with Gasteiger partial charge in [-0.3, -0.25) is 4.79 Å². The van der Waals surface area contributed by atoms with Gasteiger partial charge in [-0.25, -0.2) is 12.7 Å². The molecule has 1 aliphatic heterocycles. The zero-order chi connectivity index (χ0) is 21.1. The van der Waals surface area contributed by atoms with Gasteiger partial charge in [0.25, 0.3) is 0 Å². The van der Waals surface area contributed by atoms with E-state index in [-0.39, 0.29) is 11.7 Å². The zero-order valence-electron chi connectivity index (χ0n) is 16.8. The first-order valence-corrected chi connectivity index (χ1v) is 11.8. The Morgan fingerprint density at radius 1 is 1.07 bits per heavy atom. The number of nitrogens with zero attached hydrogens (tertiary/aromatic N) is 2. The van der Waals surface area contributed by atoms with Crippen LogP contribution in [0.1, 0.15) is 30.9 Å². The topological polar surface area (TPSA) is 57.7 Å². The molecule has 0 saturated carbocycles. The van der Waals surface area contributed by atoms with Crippen molar-refractivity contribution in [3.8, 4) is 0 Å². The van der Waals surface area contributed by atoms with Crippen molar-refractivity contribution in [1.82, 2.24) is 9.21 Å². The highest BCUT2D eigenvalue weighted by Crippen LogP contribution is 2.38. The Bertz CT molecular complexity index is 938. The number of hydrogen-bond donors (Lipinski definition) is 0. The van der Waals surface area contributed by atoms with Gasteiger partial charge in [-0.2, -0.15) is 0 Å². The van der Waals surface area contributed by atoms with Crippen molar-refractivity contribution in [2.45, 2.75) is 31.7 Å². The van der Waals surface area contributed by atoms with Gasteiger partial charge in [-0.15, -0.1) is 0 Å². The fraction of sp³-hybridized carbons (Fsp3) is 0.409. The third-order valence-electron chi connectivity index (χ3n) is 5.75. The van der Waals surface area contributed by atoms with Gasteiger partial charge in [0.2, 0.25) is 15.9 Å². The van der Waals surface area contributed by atoms with Crippen LogP contribution in [0.15, 0.2) is 54.6 Å². The van der Waals surface area contributed by atoms with Gasteiger partial charge >= 0.3 is 0 Å². The molecule has 1 fully saturated rings. The highest BCUT2D eigenvalue weighted by molar-refractivity contribution is 7.89. The molecule has 3 rings (SSSR count). The van der Waals surface area contributed by atoms with Crippen LogP contribution < -0.4 is 0 Å². The number of sulfonamides is 1. The summed E-state index contributed by atoms with van der Waals surface area (Å²) in [5.41, 5.74) is 1.23. The lowest BCUT2D eigenvalue weighted by molar-refractivity contribution is -0.138. The quantitative estimate of drug-likeness (QED) is 0.696. The van der Waals surface area contributed by atoms with E-state index in [9.17, 15) is 13.2 Å². The highest BCUT2D eigenvalue weighted by atomic mass is 35.5. The molecule has 1 saturated heterocycles. The standard InChI is InChI=1S/C22H27ClN2O3S/c1-3-29(27,28)25-15-13-22(14-16-25,19-7-5-4-6-8-19)21(26)24(2)17-18-9-11-20(23)12-10-18/h4-12H,3,13-17H2,1-2H3. The van der Waals surface area contributed by atoms with Gasteiger partial charge in [0, 0.05) is 31.7 Å². The van der Waals surface area contributed by atoms with Crippen LogP contribution in [0.5, 0.6) is 0 Å². The fourth-order valence-corrected chi connectivity index (χ4v) is 5.24. The molecule has 0 aromatic heterocycles. The van der Waals surface area contributed by atoms with Gasteiger partial charge in [0.15, 0.2) is 0 Å². The lowest BCUT2D eigenvalue weighted by Gasteiger charge is -2.42. The fourth-order valence-electron chi connectivity index (χ4n) is 4.01. The smallest absolute Gasteiger partial charge is 0.233 e. The third kappa shape index (κ3) is 4.65. The minimum atomic E-state index is -3.26. The number of rotatable bonds is 6. The highest BCUT2D eigenvalue weighted by Gasteiger charge is 2.45. The molecule has 0 spiro atoms. The lowest BCUT2D eigenvalue weighted by atomic mass is 9.72. The van der Waals surface area contributed by atoms with Gasteiger partial charge in [-0.1, -0.05) is 54.1 Å². The second-order valence-corrected chi connectivity index (χ2v) is 10.2. The summed E-state index contributed by atoms with van der Waals surface area (Å²) < 4.78 is 26.1. The van der Waals surface area contributed by atoms with Crippen LogP contribution in [0.2, 0.25) is 5.02 Å². The summed E-state index contributed by atoms with van der Waals surface area (Å²) in [5, 5.41) is 0.660. The lowest BCUT2D eigenvalue weighted by Crippen LogP contribution is -2.53. The Morgan fingerprint density at radius 3 is 2.21 bits per heavy atom. The molecule has 0 unspecified atom stereocenters. The predicted octanol–water partition coefficient (Wildman–Crippen LogP) is 3.68. The van der Waals surface area contributed by atoms with E-state index in [4.69, 9.17) is 11.6 Å². The van der Waals surface area contributed by atoms with Crippen LogP contribution in [-0.4, -0.2) is 49.4 Å². The van der Waals surface area contributed by atoms with E-state index in [1.54, 1.807) is 18.9 Å². The number of carbonyl (C=O) groups is 1. The summed E-state index contributed by atoms with van der Waals surface area (Å²) in [6.07, 6.45) is 0.945. The molecule has 0 aliphatic carbocycles. The zero-order valence-corrected chi connectivity index (χ0v) is 18.4. The summed E-state index contributed by atoms with van der Waals surface area (Å²) in [4.78, 5) is 15.4. The normalized spacial score (nSPS) is 17.1. The summed E-state index contributed by atoms with van der Waals surface area (Å²) in [6.45, 7) is 2.83. The van der Waals surface area contributed by atoms with Gasteiger partial charge < -0.3 is 4.90 Å². The maximum Gasteiger partial charge on any atom is 0.233 e. The number of piperidine rings is 1. The second kappa shape index (κ2) is 8.86. The molecule has 29 heavy (non-hydrogen) atoms. The number of amides is 1. The minimum Gasteiger partial charge on any atom is -0.341 e. The molecule has 2 aromatic carbocycles. The molecule has 0 atom stereocenters. The van der Waals surface area contributed by atoms with Crippen molar-refractivity contribution in [3.05, 3.63) is 70.7 Å². The minimum absolute atomic E-state index is 0.0206. The molecule has 7 heteroatoms. The molecular weight excluding hydrogens is 408 g/mol. The van der Waals surface area contributed by atoms with E-state index in [2.05, 4.69) is 0 Å². The Balaban J connectivity index is 1.86. The largest absolute Gasteiger partial charge is 0.341 e. The number of likely N-dealkylation sites (N-methyl/N-ethyl adjacent to an activating group) is 1. The molecule has 2 aromatic rings. The summed E-state index contributed by atoms with van der Waals surface area (Å²) in [6, 6.07) is 17.2.